The molecule has 23 heavy (non-hydrogen) atoms. The Balaban J connectivity index is 2.54. The monoisotopic (exact) mass is 360 g/mol. The number of aliphatic hydroxyl groups excluding tert-OH is 1. The number of nitrogens with zero attached hydrogens (tertiary/aromatic N) is 3. The highest BCUT2D eigenvalue weighted by Crippen LogP contribution is 2.23. The van der Waals surface area contributed by atoms with Crippen molar-refractivity contribution in [1.29, 1.82) is 0 Å². The van der Waals surface area contributed by atoms with Gasteiger partial charge in [0.2, 0.25) is 10.0 Å². The molecule has 1 atom stereocenters. The molecule has 1 unspecified atom stereocenters. The fraction of sp³-hybridized carbons (Fsp3) is 0.385. The Labute approximate surface area is 137 Å². The van der Waals surface area contributed by atoms with E-state index in [0.29, 0.717) is 18.0 Å². The zero-order valence-corrected chi connectivity index (χ0v) is 14.2. The normalized spacial score (nSPS) is 13.3. The van der Waals surface area contributed by atoms with Crippen molar-refractivity contribution in [2.45, 2.75) is 24.3 Å². The molecule has 3 N–H and O–H groups in total. The Morgan fingerprint density at radius 1 is 1.48 bits per heavy atom. The molecule has 0 bridgehead atoms. The van der Waals surface area contributed by atoms with Crippen molar-refractivity contribution in [2.24, 2.45) is 5.14 Å². The summed E-state index contributed by atoms with van der Waals surface area (Å²) in [6, 6.07) is 3.13. The predicted molar refractivity (Wildman–Crippen MR) is 85.4 cm³/mol. The molecular formula is C13H17FN4O3S2. The maximum absolute atomic E-state index is 14.1. The number of hydrogen-bond donors (Lipinski definition) is 2. The number of benzene rings is 1. The van der Waals surface area contributed by atoms with Crippen LogP contribution in [0.2, 0.25) is 0 Å². The highest BCUT2D eigenvalue weighted by atomic mass is 32.2. The first-order valence-electron chi connectivity index (χ1n) is 6.67. The van der Waals surface area contributed by atoms with Gasteiger partial charge in [-0.2, -0.15) is 16.9 Å². The largest absolute Gasteiger partial charge is 0.385 e. The third-order valence-electron chi connectivity index (χ3n) is 3.11. The van der Waals surface area contributed by atoms with E-state index in [1.165, 1.54) is 0 Å². The molecular weight excluding hydrogens is 343 g/mol. The van der Waals surface area contributed by atoms with Gasteiger partial charge in [-0.1, -0.05) is 0 Å². The van der Waals surface area contributed by atoms with E-state index in [0.717, 1.165) is 22.9 Å². The van der Waals surface area contributed by atoms with Crippen LogP contribution in [0.5, 0.6) is 0 Å². The zero-order chi connectivity index (χ0) is 17.2. The molecule has 0 fully saturated rings. The van der Waals surface area contributed by atoms with Crippen molar-refractivity contribution in [1.82, 2.24) is 14.8 Å². The van der Waals surface area contributed by atoms with Gasteiger partial charge in [0.1, 0.15) is 23.4 Å². The van der Waals surface area contributed by atoms with E-state index < -0.39 is 21.9 Å². The van der Waals surface area contributed by atoms with E-state index in [1.807, 2.05) is 6.26 Å². The average Bonchev–Trinajstić information content (AvgIpc) is 2.85. The van der Waals surface area contributed by atoms with Crippen LogP contribution in [-0.4, -0.2) is 40.3 Å². The van der Waals surface area contributed by atoms with Crippen molar-refractivity contribution in [2.75, 3.05) is 12.0 Å². The number of sulfonamides is 1. The van der Waals surface area contributed by atoms with Crippen molar-refractivity contribution < 1.29 is 17.9 Å². The topological polar surface area (TPSA) is 111 Å². The molecule has 2 rings (SSSR count). The Bertz CT molecular complexity index is 808. The van der Waals surface area contributed by atoms with Crippen LogP contribution in [0.25, 0.3) is 5.69 Å². The van der Waals surface area contributed by atoms with Gasteiger partial charge in [-0.15, -0.1) is 0 Å². The SMILES string of the molecule is CSCCC(O)c1nc(C)nn1-c1cc(S(N)(=O)=O)ccc1F. The molecule has 0 aliphatic rings. The van der Waals surface area contributed by atoms with Gasteiger partial charge >= 0.3 is 0 Å². The summed E-state index contributed by atoms with van der Waals surface area (Å²) in [4.78, 5) is 3.87. The maximum Gasteiger partial charge on any atom is 0.238 e. The van der Waals surface area contributed by atoms with E-state index in [-0.39, 0.29) is 16.4 Å². The van der Waals surface area contributed by atoms with Crippen molar-refractivity contribution in [3.63, 3.8) is 0 Å². The van der Waals surface area contributed by atoms with Crippen LogP contribution in [0.15, 0.2) is 23.1 Å². The van der Waals surface area contributed by atoms with Crippen LogP contribution in [0.3, 0.4) is 0 Å². The molecule has 0 radical (unpaired) electrons. The van der Waals surface area contributed by atoms with E-state index in [9.17, 15) is 17.9 Å². The molecule has 1 aromatic carbocycles. The molecule has 0 spiro atoms. The summed E-state index contributed by atoms with van der Waals surface area (Å²) in [5, 5.41) is 19.4. The average molecular weight is 360 g/mol. The molecule has 1 heterocycles. The highest BCUT2D eigenvalue weighted by Gasteiger charge is 2.21. The first-order valence-corrected chi connectivity index (χ1v) is 9.61. The minimum atomic E-state index is -3.98. The fourth-order valence-electron chi connectivity index (χ4n) is 2.01. The third kappa shape index (κ3) is 4.08. The lowest BCUT2D eigenvalue weighted by molar-refractivity contribution is 0.162. The Morgan fingerprint density at radius 2 is 2.17 bits per heavy atom. The van der Waals surface area contributed by atoms with Crippen LogP contribution >= 0.6 is 11.8 Å². The van der Waals surface area contributed by atoms with Crippen LogP contribution in [0.1, 0.15) is 24.2 Å². The molecule has 0 aliphatic heterocycles. The quantitative estimate of drug-likeness (QED) is 0.799. The van der Waals surface area contributed by atoms with Crippen LogP contribution in [0.4, 0.5) is 4.39 Å². The number of aromatic nitrogens is 3. The number of primary sulfonamides is 1. The van der Waals surface area contributed by atoms with Gasteiger partial charge < -0.3 is 5.11 Å². The zero-order valence-electron chi connectivity index (χ0n) is 12.6. The molecule has 0 saturated heterocycles. The molecule has 2 aromatic rings. The number of aryl methyl sites for hydroxylation is 1. The smallest absolute Gasteiger partial charge is 0.238 e. The van der Waals surface area contributed by atoms with E-state index >= 15 is 0 Å². The van der Waals surface area contributed by atoms with Gasteiger partial charge in [0.25, 0.3) is 0 Å². The van der Waals surface area contributed by atoms with Crippen molar-refractivity contribution in [3.8, 4) is 5.69 Å². The minimum Gasteiger partial charge on any atom is -0.385 e. The molecule has 0 amide bonds. The molecule has 10 heteroatoms. The van der Waals surface area contributed by atoms with E-state index in [4.69, 9.17) is 5.14 Å². The molecule has 0 aliphatic carbocycles. The van der Waals surface area contributed by atoms with Crippen LogP contribution in [0, 0.1) is 12.7 Å². The van der Waals surface area contributed by atoms with Gasteiger partial charge in [-0.05, 0) is 43.6 Å². The second-order valence-electron chi connectivity index (χ2n) is 4.88. The maximum atomic E-state index is 14.1. The second-order valence-corrected chi connectivity index (χ2v) is 7.43. The van der Waals surface area contributed by atoms with Gasteiger partial charge in [-0.3, -0.25) is 0 Å². The van der Waals surface area contributed by atoms with Crippen molar-refractivity contribution >= 4 is 21.8 Å². The summed E-state index contributed by atoms with van der Waals surface area (Å²) in [5.74, 6) is 0.485. The number of rotatable bonds is 6. The Morgan fingerprint density at radius 3 is 2.78 bits per heavy atom. The number of hydrogen-bond acceptors (Lipinski definition) is 6. The van der Waals surface area contributed by atoms with E-state index in [2.05, 4.69) is 10.1 Å². The van der Waals surface area contributed by atoms with Gasteiger partial charge in [0.05, 0.1) is 4.90 Å². The van der Waals surface area contributed by atoms with Crippen LogP contribution < -0.4 is 5.14 Å². The number of aliphatic hydroxyl groups is 1. The summed E-state index contributed by atoms with van der Waals surface area (Å²) in [6.07, 6.45) is 1.37. The lowest BCUT2D eigenvalue weighted by Crippen LogP contribution is -2.15. The summed E-state index contributed by atoms with van der Waals surface area (Å²) in [6.45, 7) is 1.60. The molecule has 0 saturated carbocycles. The van der Waals surface area contributed by atoms with Gasteiger partial charge in [0.15, 0.2) is 5.82 Å². The molecule has 1 aromatic heterocycles. The van der Waals surface area contributed by atoms with E-state index in [1.54, 1.807) is 18.7 Å². The summed E-state index contributed by atoms with van der Waals surface area (Å²) < 4.78 is 38.2. The van der Waals surface area contributed by atoms with Gasteiger partial charge in [0, 0.05) is 0 Å². The lowest BCUT2D eigenvalue weighted by atomic mass is 10.2. The molecule has 126 valence electrons. The highest BCUT2D eigenvalue weighted by molar-refractivity contribution is 7.98. The number of halogens is 1. The first-order chi connectivity index (χ1) is 10.7. The first kappa shape index (κ1) is 17.9. The number of thioether (sulfide) groups is 1. The standard InChI is InChI=1S/C13H17FN4O3S2/c1-8-16-13(12(19)5-6-22-2)18(17-8)11-7-9(23(15,20)21)3-4-10(11)14/h3-4,7,12,19H,5-6H2,1-2H3,(H2,15,20,21). The van der Waals surface area contributed by atoms with Crippen molar-refractivity contribution in [3.05, 3.63) is 35.7 Å². The fourth-order valence-corrected chi connectivity index (χ4v) is 3.01. The summed E-state index contributed by atoms with van der Waals surface area (Å²) in [5.41, 5.74) is -0.129. The summed E-state index contributed by atoms with van der Waals surface area (Å²) >= 11 is 1.55. The third-order valence-corrected chi connectivity index (χ3v) is 4.66. The Kier molecular flexibility index (Phi) is 5.40. The molecule has 7 nitrogen and oxygen atoms in total. The summed E-state index contributed by atoms with van der Waals surface area (Å²) in [7, 11) is -3.98. The second kappa shape index (κ2) is 6.95. The number of nitrogens with two attached hydrogens (primary N) is 1. The van der Waals surface area contributed by atoms with Crippen LogP contribution in [-0.2, 0) is 10.0 Å². The predicted octanol–water partition coefficient (Wildman–Crippen LogP) is 1.15. The lowest BCUT2D eigenvalue weighted by Gasteiger charge is -2.12. The minimum absolute atomic E-state index is 0.129. The Hall–Kier alpha value is -1.49. The van der Waals surface area contributed by atoms with Gasteiger partial charge in [-0.25, -0.2) is 27.6 Å².